The summed E-state index contributed by atoms with van der Waals surface area (Å²) in [4.78, 5) is 21.4. The third kappa shape index (κ3) is 4.05. The summed E-state index contributed by atoms with van der Waals surface area (Å²) in [5.41, 5.74) is 8.04. The van der Waals surface area contributed by atoms with Crippen LogP contribution in [0.3, 0.4) is 0 Å². The minimum absolute atomic E-state index is 0.164. The Morgan fingerprint density at radius 3 is 2.71 bits per heavy atom. The molecule has 0 amide bonds. The minimum atomic E-state index is -0.521. The number of hydrogen-bond acceptors (Lipinski definition) is 5. The van der Waals surface area contributed by atoms with Gasteiger partial charge in [-0.05, 0) is 0 Å². The molecule has 0 aliphatic carbocycles. The van der Waals surface area contributed by atoms with Crippen molar-refractivity contribution in [2.75, 3.05) is 5.73 Å². The van der Waals surface area contributed by atoms with Crippen LogP contribution in [0.15, 0.2) is 59.8 Å². The molecule has 6 nitrogen and oxygen atoms in total. The van der Waals surface area contributed by atoms with Crippen LogP contribution in [0, 0.1) is 17.1 Å². The fraction of sp³-hybridized carbons (Fsp3) is 0.0909. The Morgan fingerprint density at radius 2 is 1.97 bits per heavy atom. The third-order valence-corrected chi connectivity index (χ3v) is 7.49. The average Bonchev–Trinajstić information content (AvgIpc) is 2.78. The molecule has 0 unspecified atom stereocenters. The molecule has 3 heterocycles. The quantitative estimate of drug-likeness (QED) is 0.430. The number of hydrogen-bond donors (Lipinski definition) is 1. The number of rotatable bonds is 5. The Balaban J connectivity index is 1.79. The zero-order chi connectivity index (χ0) is 22.0. The predicted octanol–water partition coefficient (Wildman–Crippen LogP) is 2.99. The van der Waals surface area contributed by atoms with Gasteiger partial charge in [0, 0.05) is 0 Å². The number of nitrogens with zero attached hydrogens (tertiary/aromatic N) is 4. The molecule has 0 fully saturated rings. The summed E-state index contributed by atoms with van der Waals surface area (Å²) in [6, 6.07) is 14.0. The average molecular weight is 495 g/mol. The Labute approximate surface area is 188 Å². The molecule has 3 aromatic heterocycles. The maximum atomic E-state index is 13.8. The summed E-state index contributed by atoms with van der Waals surface area (Å²) in [7, 11) is 0. The predicted molar refractivity (Wildman–Crippen MR) is 119 cm³/mol. The molecule has 0 aliphatic heterocycles. The summed E-state index contributed by atoms with van der Waals surface area (Å²) in [5, 5.41) is 10.4. The molecule has 0 saturated heterocycles. The van der Waals surface area contributed by atoms with Crippen LogP contribution in [-0.2, 0) is 6.42 Å². The second-order valence-electron chi connectivity index (χ2n) is 6.64. The molecule has 9 heteroatoms. The van der Waals surface area contributed by atoms with Crippen molar-refractivity contribution in [3.05, 3.63) is 87.3 Å². The van der Waals surface area contributed by atoms with Crippen molar-refractivity contribution in [3.8, 4) is 17.2 Å². The first-order chi connectivity index (χ1) is 15.0. The molecule has 153 valence electrons. The van der Waals surface area contributed by atoms with E-state index in [1.54, 1.807) is 0 Å². The van der Waals surface area contributed by atoms with Gasteiger partial charge in [0.2, 0.25) is 0 Å². The number of aromatic nitrogens is 3. The molecule has 1 aromatic carbocycles. The first kappa shape index (κ1) is 21.0. The molecule has 0 saturated carbocycles. The Kier molecular flexibility index (Phi) is 6.03. The monoisotopic (exact) mass is 494 g/mol. The van der Waals surface area contributed by atoms with Crippen molar-refractivity contribution in [2.24, 2.45) is 0 Å². The molecule has 4 rings (SSSR count). The number of nitrogen functional groups attached to an aromatic ring is 1. The van der Waals surface area contributed by atoms with Gasteiger partial charge in [0.25, 0.3) is 0 Å². The maximum absolute atomic E-state index is 13.8. The topological polar surface area (TPSA) is 97.1 Å². The molecule has 0 aliphatic rings. The third-order valence-electron chi connectivity index (χ3n) is 4.79. The van der Waals surface area contributed by atoms with E-state index in [2.05, 4.69) is 16.0 Å². The van der Waals surface area contributed by atoms with Gasteiger partial charge in [-0.25, -0.2) is 0 Å². The molecule has 31 heavy (non-hydrogen) atoms. The van der Waals surface area contributed by atoms with Crippen LogP contribution in [0.4, 0.5) is 10.2 Å². The van der Waals surface area contributed by atoms with Crippen molar-refractivity contribution in [1.29, 1.82) is 5.26 Å². The van der Waals surface area contributed by atoms with Crippen LogP contribution in [0.1, 0.15) is 11.1 Å². The molecule has 0 spiro atoms. The van der Waals surface area contributed by atoms with E-state index in [0.717, 1.165) is 6.20 Å². The number of benzene rings is 1. The van der Waals surface area contributed by atoms with Crippen molar-refractivity contribution < 1.29 is 4.39 Å². The van der Waals surface area contributed by atoms with Crippen molar-refractivity contribution in [1.82, 2.24) is 14.4 Å². The molecule has 4 aromatic rings. The Morgan fingerprint density at radius 1 is 1.19 bits per heavy atom. The van der Waals surface area contributed by atoms with Crippen molar-refractivity contribution >= 4 is 43.2 Å². The van der Waals surface area contributed by atoms with Gasteiger partial charge >= 0.3 is 189 Å². The Bertz CT molecular complexity index is 1390. The second kappa shape index (κ2) is 8.89. The molecule has 2 N–H and O–H groups in total. The van der Waals surface area contributed by atoms with Gasteiger partial charge in [0.1, 0.15) is 0 Å². The number of halogens is 2. The number of pyridine rings is 2. The van der Waals surface area contributed by atoms with Crippen LogP contribution < -0.4 is 15.8 Å². The fourth-order valence-corrected chi connectivity index (χ4v) is 5.81. The van der Waals surface area contributed by atoms with E-state index in [1.165, 1.54) is 22.9 Å². The van der Waals surface area contributed by atoms with Gasteiger partial charge < -0.3 is 0 Å². The molecular weight excluding hydrogens is 480 g/mol. The molecule has 0 bridgehead atoms. The van der Waals surface area contributed by atoms with E-state index in [4.69, 9.17) is 17.3 Å². The van der Waals surface area contributed by atoms with E-state index >= 15 is 0 Å². The van der Waals surface area contributed by atoms with Crippen LogP contribution in [-0.4, -0.2) is 30.1 Å². The molecular formula is C22H15AsClFN5O. The van der Waals surface area contributed by atoms with Gasteiger partial charge in [0.15, 0.2) is 0 Å². The van der Waals surface area contributed by atoms with Gasteiger partial charge in [-0.1, -0.05) is 0 Å². The first-order valence-electron chi connectivity index (χ1n) is 9.27. The van der Waals surface area contributed by atoms with Gasteiger partial charge in [0.05, 0.1) is 0 Å². The fourth-order valence-electron chi connectivity index (χ4n) is 3.36. The zero-order valence-electron chi connectivity index (χ0n) is 16.1. The van der Waals surface area contributed by atoms with Crippen LogP contribution in [0.25, 0.3) is 16.6 Å². The standard InChI is InChI=1S/C22H15AsClFN5O/c24-19-15(8-9-23-20-16(10-26)21(27)29-12-28-20)18(13-4-2-1-3-5-13)22(31)30-11-14(25)6-7-17(19)30/h1-7,11-12H,8-9H2,(H2,27,28,29). The van der Waals surface area contributed by atoms with Crippen LogP contribution >= 0.6 is 11.6 Å². The van der Waals surface area contributed by atoms with Crippen molar-refractivity contribution in [3.63, 3.8) is 0 Å². The van der Waals surface area contributed by atoms with E-state index in [9.17, 15) is 14.4 Å². The summed E-state index contributed by atoms with van der Waals surface area (Å²) in [6.07, 6.45) is 3.00. The van der Waals surface area contributed by atoms with E-state index in [1.807, 2.05) is 30.3 Å². The van der Waals surface area contributed by atoms with E-state index in [0.29, 0.717) is 48.9 Å². The SMILES string of the molecule is N#Cc1c(N)ncnc1[As]CCc1c(-c2ccccc2)c(=O)n2cc(F)ccc2c1Cl. The normalized spacial score (nSPS) is 11.3. The van der Waals surface area contributed by atoms with Gasteiger partial charge in [-0.3, -0.25) is 0 Å². The number of anilines is 1. The second-order valence-corrected chi connectivity index (χ2v) is 9.51. The molecule has 1 radical (unpaired) electrons. The number of fused-ring (bicyclic) bond motifs is 1. The zero-order valence-corrected chi connectivity index (χ0v) is 18.7. The van der Waals surface area contributed by atoms with Crippen LogP contribution in [0.5, 0.6) is 0 Å². The summed E-state index contributed by atoms with van der Waals surface area (Å²) < 4.78 is 15.7. The van der Waals surface area contributed by atoms with Gasteiger partial charge in [-0.2, -0.15) is 0 Å². The summed E-state index contributed by atoms with van der Waals surface area (Å²) >= 11 is 6.21. The number of nitriles is 1. The van der Waals surface area contributed by atoms with Gasteiger partial charge in [-0.15, -0.1) is 0 Å². The number of nitrogens with two attached hydrogens (primary N) is 1. The summed E-state index contributed by atoms with van der Waals surface area (Å²) in [6.45, 7) is 0. The summed E-state index contributed by atoms with van der Waals surface area (Å²) in [5.74, 6) is -0.357. The molecule has 0 atom stereocenters. The Hall–Kier alpha value is -3.20. The van der Waals surface area contributed by atoms with E-state index in [-0.39, 0.29) is 11.4 Å². The van der Waals surface area contributed by atoms with Crippen LogP contribution in [0.2, 0.25) is 10.2 Å². The van der Waals surface area contributed by atoms with E-state index < -0.39 is 21.6 Å². The first-order valence-corrected chi connectivity index (χ1v) is 11.9. The van der Waals surface area contributed by atoms with Crippen molar-refractivity contribution in [2.45, 2.75) is 11.6 Å².